The van der Waals surface area contributed by atoms with Gasteiger partial charge in [0.05, 0.1) is 18.2 Å². The molecule has 1 heterocycles. The second kappa shape index (κ2) is 3.64. The number of hydrogen-bond acceptors (Lipinski definition) is 3. The van der Waals surface area contributed by atoms with Crippen LogP contribution < -0.4 is 5.73 Å². The predicted molar refractivity (Wildman–Crippen MR) is 50.3 cm³/mol. The van der Waals surface area contributed by atoms with E-state index in [1.807, 2.05) is 13.8 Å². The summed E-state index contributed by atoms with van der Waals surface area (Å²) in [4.78, 5) is 13.3. The molecular weight excluding hydrogens is 168 g/mol. The van der Waals surface area contributed by atoms with Crippen LogP contribution in [0, 0.1) is 0 Å². The van der Waals surface area contributed by atoms with Crippen LogP contribution in [-0.2, 0) is 9.53 Å². The first kappa shape index (κ1) is 10.5. The maximum Gasteiger partial charge on any atom is 0.239 e. The first-order valence-corrected chi connectivity index (χ1v) is 4.61. The van der Waals surface area contributed by atoms with Crippen molar-refractivity contribution >= 4 is 5.91 Å². The van der Waals surface area contributed by atoms with Crippen LogP contribution in [0.2, 0.25) is 0 Å². The zero-order valence-electron chi connectivity index (χ0n) is 8.54. The van der Waals surface area contributed by atoms with Gasteiger partial charge in [0.1, 0.15) is 0 Å². The molecule has 76 valence electrons. The first-order chi connectivity index (χ1) is 5.92. The van der Waals surface area contributed by atoms with Crippen LogP contribution in [0.4, 0.5) is 0 Å². The number of carbonyl (C=O) groups excluding carboxylic acids is 1. The third-order valence-electron chi connectivity index (χ3n) is 2.13. The highest BCUT2D eigenvalue weighted by Crippen LogP contribution is 2.16. The molecule has 1 saturated heterocycles. The zero-order valence-corrected chi connectivity index (χ0v) is 8.54. The summed E-state index contributed by atoms with van der Waals surface area (Å²) in [6.07, 6.45) is 0. The fourth-order valence-electron chi connectivity index (χ4n) is 1.49. The molecule has 0 aromatic heterocycles. The molecule has 0 unspecified atom stereocenters. The monoisotopic (exact) mass is 186 g/mol. The van der Waals surface area contributed by atoms with E-state index in [4.69, 9.17) is 10.5 Å². The molecule has 0 aromatic carbocycles. The zero-order chi connectivity index (χ0) is 10.1. The van der Waals surface area contributed by atoms with Crippen molar-refractivity contribution in [2.24, 2.45) is 5.73 Å². The van der Waals surface area contributed by atoms with Crippen LogP contribution in [0.25, 0.3) is 0 Å². The number of nitrogens with zero attached hydrogens (tertiary/aromatic N) is 1. The smallest absolute Gasteiger partial charge is 0.239 e. The van der Waals surface area contributed by atoms with Crippen molar-refractivity contribution in [1.82, 2.24) is 4.90 Å². The molecule has 1 amide bonds. The number of amides is 1. The van der Waals surface area contributed by atoms with Gasteiger partial charge < -0.3 is 15.4 Å². The summed E-state index contributed by atoms with van der Waals surface area (Å²) in [6, 6.07) is -0.408. The molecule has 1 aliphatic rings. The number of nitrogens with two attached hydrogens (primary N) is 1. The van der Waals surface area contributed by atoms with Crippen LogP contribution in [0.1, 0.15) is 20.8 Å². The molecule has 1 fully saturated rings. The van der Waals surface area contributed by atoms with E-state index in [9.17, 15) is 4.79 Å². The van der Waals surface area contributed by atoms with Crippen LogP contribution in [-0.4, -0.2) is 42.1 Å². The minimum atomic E-state index is -0.408. The summed E-state index contributed by atoms with van der Waals surface area (Å²) < 4.78 is 5.49. The summed E-state index contributed by atoms with van der Waals surface area (Å²) >= 11 is 0. The molecular formula is C9H18N2O2. The lowest BCUT2D eigenvalue weighted by molar-refractivity contribution is -0.146. The van der Waals surface area contributed by atoms with Crippen molar-refractivity contribution in [3.8, 4) is 0 Å². The average Bonchev–Trinajstić information content (AvgIpc) is 2.01. The van der Waals surface area contributed by atoms with Crippen molar-refractivity contribution in [2.45, 2.75) is 32.4 Å². The minimum absolute atomic E-state index is 0.0105. The van der Waals surface area contributed by atoms with Crippen LogP contribution in [0.3, 0.4) is 0 Å². The van der Waals surface area contributed by atoms with Crippen molar-refractivity contribution in [3.05, 3.63) is 0 Å². The Morgan fingerprint density at radius 1 is 1.62 bits per heavy atom. The molecule has 0 saturated carbocycles. The molecule has 4 heteroatoms. The average molecular weight is 186 g/mol. The molecule has 1 aliphatic heterocycles. The van der Waals surface area contributed by atoms with E-state index in [1.54, 1.807) is 11.8 Å². The van der Waals surface area contributed by atoms with E-state index < -0.39 is 6.04 Å². The Hall–Kier alpha value is -0.610. The Labute approximate surface area is 79.0 Å². The van der Waals surface area contributed by atoms with Gasteiger partial charge in [-0.05, 0) is 20.8 Å². The van der Waals surface area contributed by atoms with Gasteiger partial charge in [0.2, 0.25) is 5.91 Å². The molecule has 13 heavy (non-hydrogen) atoms. The van der Waals surface area contributed by atoms with Gasteiger partial charge >= 0.3 is 0 Å². The van der Waals surface area contributed by atoms with Gasteiger partial charge in [0.25, 0.3) is 0 Å². The van der Waals surface area contributed by atoms with Crippen molar-refractivity contribution in [2.75, 3.05) is 19.7 Å². The van der Waals surface area contributed by atoms with Gasteiger partial charge in [-0.2, -0.15) is 0 Å². The van der Waals surface area contributed by atoms with Gasteiger partial charge in [0, 0.05) is 13.1 Å². The lowest BCUT2D eigenvalue weighted by Crippen LogP contribution is -2.54. The number of carbonyl (C=O) groups is 1. The van der Waals surface area contributed by atoms with Gasteiger partial charge in [-0.25, -0.2) is 0 Å². The van der Waals surface area contributed by atoms with E-state index in [2.05, 4.69) is 0 Å². The minimum Gasteiger partial charge on any atom is -0.372 e. The van der Waals surface area contributed by atoms with Gasteiger partial charge in [-0.15, -0.1) is 0 Å². The molecule has 0 aromatic rings. The van der Waals surface area contributed by atoms with Crippen LogP contribution >= 0.6 is 0 Å². The van der Waals surface area contributed by atoms with E-state index in [1.165, 1.54) is 0 Å². The lowest BCUT2D eigenvalue weighted by atomic mass is 10.1. The first-order valence-electron chi connectivity index (χ1n) is 4.61. The summed E-state index contributed by atoms with van der Waals surface area (Å²) in [5.74, 6) is 0.0105. The fourth-order valence-corrected chi connectivity index (χ4v) is 1.49. The van der Waals surface area contributed by atoms with E-state index in [0.717, 1.165) is 0 Å². The molecule has 0 radical (unpaired) electrons. The second-order valence-electron chi connectivity index (χ2n) is 4.16. The highest BCUT2D eigenvalue weighted by atomic mass is 16.5. The normalized spacial score (nSPS) is 24.2. The molecule has 2 N–H and O–H groups in total. The van der Waals surface area contributed by atoms with Crippen molar-refractivity contribution < 1.29 is 9.53 Å². The summed E-state index contributed by atoms with van der Waals surface area (Å²) in [6.45, 7) is 7.56. The highest BCUT2D eigenvalue weighted by Gasteiger charge is 2.30. The second-order valence-corrected chi connectivity index (χ2v) is 4.16. The Morgan fingerprint density at radius 3 is 2.69 bits per heavy atom. The quantitative estimate of drug-likeness (QED) is 0.625. The summed E-state index contributed by atoms with van der Waals surface area (Å²) in [5, 5.41) is 0. The maximum atomic E-state index is 11.5. The van der Waals surface area contributed by atoms with Crippen LogP contribution in [0.15, 0.2) is 0 Å². The standard InChI is InChI=1S/C9H18N2O2/c1-7(10)8(12)11-4-5-13-9(2,3)6-11/h7H,4-6,10H2,1-3H3/t7-/m1/s1. The fraction of sp³-hybridized carbons (Fsp3) is 0.889. The van der Waals surface area contributed by atoms with E-state index in [-0.39, 0.29) is 11.5 Å². The van der Waals surface area contributed by atoms with Crippen LogP contribution in [0.5, 0.6) is 0 Å². The molecule has 1 rings (SSSR count). The van der Waals surface area contributed by atoms with E-state index >= 15 is 0 Å². The molecule has 0 spiro atoms. The SMILES string of the molecule is C[C@@H](N)C(=O)N1CCOC(C)(C)C1. The number of morpholine rings is 1. The van der Waals surface area contributed by atoms with Gasteiger partial charge in [-0.3, -0.25) is 4.79 Å². The summed E-state index contributed by atoms with van der Waals surface area (Å²) in [7, 11) is 0. The Kier molecular flexibility index (Phi) is 2.93. The lowest BCUT2D eigenvalue weighted by Gasteiger charge is -2.38. The van der Waals surface area contributed by atoms with Crippen molar-refractivity contribution in [3.63, 3.8) is 0 Å². The summed E-state index contributed by atoms with van der Waals surface area (Å²) in [5.41, 5.74) is 5.29. The van der Waals surface area contributed by atoms with E-state index in [0.29, 0.717) is 19.7 Å². The Morgan fingerprint density at radius 2 is 2.23 bits per heavy atom. The molecule has 0 bridgehead atoms. The third kappa shape index (κ3) is 2.67. The highest BCUT2D eigenvalue weighted by molar-refractivity contribution is 5.81. The number of ether oxygens (including phenoxy) is 1. The predicted octanol–water partition coefficient (Wildman–Crippen LogP) is -0.0290. The largest absolute Gasteiger partial charge is 0.372 e. The Bertz CT molecular complexity index is 202. The van der Waals surface area contributed by atoms with Crippen molar-refractivity contribution in [1.29, 1.82) is 0 Å². The number of rotatable bonds is 1. The maximum absolute atomic E-state index is 11.5. The number of hydrogen-bond donors (Lipinski definition) is 1. The molecule has 1 atom stereocenters. The van der Waals surface area contributed by atoms with Gasteiger partial charge in [-0.1, -0.05) is 0 Å². The molecule has 0 aliphatic carbocycles. The topological polar surface area (TPSA) is 55.6 Å². The Balaban J connectivity index is 2.57. The molecule has 4 nitrogen and oxygen atoms in total. The third-order valence-corrected chi connectivity index (χ3v) is 2.13. The van der Waals surface area contributed by atoms with Gasteiger partial charge in [0.15, 0.2) is 0 Å².